The molecule has 1 heterocycles. The first-order valence-electron chi connectivity index (χ1n) is 7.63. The lowest BCUT2D eigenvalue weighted by Crippen LogP contribution is -2.36. The molecule has 1 saturated carbocycles. The van der Waals surface area contributed by atoms with Gasteiger partial charge < -0.3 is 4.74 Å². The third-order valence-corrected chi connectivity index (χ3v) is 4.43. The Bertz CT molecular complexity index is 453. The number of carbonyl (C=O) groups is 1. The zero-order valence-corrected chi connectivity index (χ0v) is 13.0. The van der Waals surface area contributed by atoms with Crippen molar-refractivity contribution < 1.29 is 14.1 Å². The number of ether oxygens (including phenoxy) is 1. The monoisotopic (exact) mass is 276 g/mol. The molecule has 0 saturated heterocycles. The van der Waals surface area contributed by atoms with Crippen LogP contribution in [0.3, 0.4) is 0 Å². The van der Waals surface area contributed by atoms with Crippen LogP contribution in [0, 0.1) is 17.8 Å². The molecular formula is C17H26NO2+. The van der Waals surface area contributed by atoms with Crippen molar-refractivity contribution in [3.05, 3.63) is 30.1 Å². The van der Waals surface area contributed by atoms with Crippen molar-refractivity contribution in [1.29, 1.82) is 0 Å². The normalized spacial score (nSPS) is 26.6. The summed E-state index contributed by atoms with van der Waals surface area (Å²) < 4.78 is 7.73. The standard InChI is InChI=1S/C17H26NO2/c1-12(2)15-6-5-13(3)11-16(15)20-17(19)14-7-9-18(4)10-8-14/h7-10,12-13,15-16H,5-6,11H2,1-4H3/q+1/t13-,15+,16-/m1/s1. The average molecular weight is 276 g/mol. The van der Waals surface area contributed by atoms with Crippen molar-refractivity contribution in [3.63, 3.8) is 0 Å². The summed E-state index contributed by atoms with van der Waals surface area (Å²) in [6, 6.07) is 3.64. The molecule has 0 amide bonds. The molecule has 3 heteroatoms. The van der Waals surface area contributed by atoms with Crippen LogP contribution in [0.5, 0.6) is 0 Å². The molecule has 1 fully saturated rings. The van der Waals surface area contributed by atoms with Gasteiger partial charge in [0, 0.05) is 12.1 Å². The van der Waals surface area contributed by atoms with Gasteiger partial charge in [-0.25, -0.2) is 9.36 Å². The fourth-order valence-electron chi connectivity index (χ4n) is 3.09. The molecule has 0 aliphatic heterocycles. The summed E-state index contributed by atoms with van der Waals surface area (Å²) in [5.41, 5.74) is 0.642. The Morgan fingerprint density at radius 3 is 2.55 bits per heavy atom. The van der Waals surface area contributed by atoms with Gasteiger partial charge in [-0.2, -0.15) is 0 Å². The number of rotatable bonds is 3. The van der Waals surface area contributed by atoms with Crippen LogP contribution >= 0.6 is 0 Å². The van der Waals surface area contributed by atoms with Crippen LogP contribution in [-0.2, 0) is 11.8 Å². The van der Waals surface area contributed by atoms with Crippen LogP contribution in [-0.4, -0.2) is 12.1 Å². The van der Waals surface area contributed by atoms with Gasteiger partial charge in [-0.1, -0.05) is 27.2 Å². The number of aromatic nitrogens is 1. The number of esters is 1. The first kappa shape index (κ1) is 15.0. The fourth-order valence-corrected chi connectivity index (χ4v) is 3.09. The minimum Gasteiger partial charge on any atom is -0.458 e. The summed E-state index contributed by atoms with van der Waals surface area (Å²) in [7, 11) is 1.94. The Hall–Kier alpha value is -1.38. The molecule has 0 aromatic carbocycles. The van der Waals surface area contributed by atoms with Crippen molar-refractivity contribution in [2.45, 2.75) is 46.1 Å². The molecule has 20 heavy (non-hydrogen) atoms. The molecule has 0 unspecified atom stereocenters. The molecule has 0 N–H and O–H groups in total. The number of hydrogen-bond donors (Lipinski definition) is 0. The second-order valence-corrected chi connectivity index (χ2v) is 6.52. The predicted octanol–water partition coefficient (Wildman–Crippen LogP) is 3.13. The van der Waals surface area contributed by atoms with Crippen LogP contribution in [0.25, 0.3) is 0 Å². The predicted molar refractivity (Wildman–Crippen MR) is 78.2 cm³/mol. The molecule has 1 aliphatic rings. The smallest absolute Gasteiger partial charge is 0.338 e. The SMILES string of the molecule is CC(C)[C@@H]1CC[C@@H](C)C[C@H]1OC(=O)c1cc[n+](C)cc1. The van der Waals surface area contributed by atoms with E-state index in [4.69, 9.17) is 4.74 Å². The number of aryl methyl sites for hydroxylation is 1. The van der Waals surface area contributed by atoms with E-state index >= 15 is 0 Å². The van der Waals surface area contributed by atoms with E-state index in [1.54, 1.807) is 0 Å². The molecular weight excluding hydrogens is 250 g/mol. The van der Waals surface area contributed by atoms with Crippen molar-refractivity contribution in [2.24, 2.45) is 24.8 Å². The highest BCUT2D eigenvalue weighted by molar-refractivity contribution is 5.89. The molecule has 2 rings (SSSR count). The Balaban J connectivity index is 2.05. The summed E-state index contributed by atoms with van der Waals surface area (Å²) in [5, 5.41) is 0. The van der Waals surface area contributed by atoms with Gasteiger partial charge in [0.1, 0.15) is 13.2 Å². The van der Waals surface area contributed by atoms with Crippen LogP contribution < -0.4 is 4.57 Å². The minimum atomic E-state index is -0.185. The zero-order valence-electron chi connectivity index (χ0n) is 13.0. The van der Waals surface area contributed by atoms with E-state index in [2.05, 4.69) is 20.8 Å². The molecule has 0 spiro atoms. The van der Waals surface area contributed by atoms with E-state index in [-0.39, 0.29) is 12.1 Å². The zero-order chi connectivity index (χ0) is 14.7. The minimum absolute atomic E-state index is 0.0696. The summed E-state index contributed by atoms with van der Waals surface area (Å²) >= 11 is 0. The molecule has 1 aliphatic carbocycles. The average Bonchev–Trinajstić information content (AvgIpc) is 2.39. The lowest BCUT2D eigenvalue weighted by Gasteiger charge is -2.36. The fraction of sp³-hybridized carbons (Fsp3) is 0.647. The number of hydrogen-bond acceptors (Lipinski definition) is 2. The third-order valence-electron chi connectivity index (χ3n) is 4.43. The Morgan fingerprint density at radius 1 is 1.30 bits per heavy atom. The summed E-state index contributed by atoms with van der Waals surface area (Å²) in [4.78, 5) is 12.3. The van der Waals surface area contributed by atoms with Gasteiger partial charge in [-0.15, -0.1) is 0 Å². The van der Waals surface area contributed by atoms with Crippen molar-refractivity contribution in [1.82, 2.24) is 0 Å². The van der Waals surface area contributed by atoms with Crippen molar-refractivity contribution >= 4 is 5.97 Å². The van der Waals surface area contributed by atoms with Crippen LogP contribution in [0.1, 0.15) is 50.4 Å². The quantitative estimate of drug-likeness (QED) is 0.627. The van der Waals surface area contributed by atoms with E-state index in [9.17, 15) is 4.79 Å². The van der Waals surface area contributed by atoms with E-state index < -0.39 is 0 Å². The molecule has 0 radical (unpaired) electrons. The summed E-state index contributed by atoms with van der Waals surface area (Å²) in [6.07, 6.45) is 7.23. The van der Waals surface area contributed by atoms with Crippen molar-refractivity contribution in [2.75, 3.05) is 0 Å². The lowest BCUT2D eigenvalue weighted by atomic mass is 9.75. The summed E-state index contributed by atoms with van der Waals surface area (Å²) in [6.45, 7) is 6.70. The second-order valence-electron chi connectivity index (χ2n) is 6.52. The topological polar surface area (TPSA) is 30.2 Å². The molecule has 0 bridgehead atoms. The third kappa shape index (κ3) is 3.59. The van der Waals surface area contributed by atoms with Gasteiger partial charge in [0.25, 0.3) is 0 Å². The molecule has 3 atom stereocenters. The number of pyridine rings is 1. The van der Waals surface area contributed by atoms with Gasteiger partial charge in [0.05, 0.1) is 5.56 Å². The maximum atomic E-state index is 12.3. The number of nitrogens with zero attached hydrogens (tertiary/aromatic N) is 1. The van der Waals surface area contributed by atoms with E-state index in [0.29, 0.717) is 23.3 Å². The maximum absolute atomic E-state index is 12.3. The van der Waals surface area contributed by atoms with E-state index in [1.165, 1.54) is 12.8 Å². The molecule has 3 nitrogen and oxygen atoms in total. The second kappa shape index (κ2) is 6.38. The molecule has 1 aromatic heterocycles. The van der Waals surface area contributed by atoms with Crippen LogP contribution in [0.4, 0.5) is 0 Å². The Kier molecular flexibility index (Phi) is 4.79. The van der Waals surface area contributed by atoms with Crippen LogP contribution in [0.2, 0.25) is 0 Å². The highest BCUT2D eigenvalue weighted by atomic mass is 16.5. The first-order valence-corrected chi connectivity index (χ1v) is 7.63. The highest BCUT2D eigenvalue weighted by Crippen LogP contribution is 2.35. The first-order chi connectivity index (χ1) is 9.47. The summed E-state index contributed by atoms with van der Waals surface area (Å²) in [5.74, 6) is 1.52. The van der Waals surface area contributed by atoms with E-state index in [0.717, 1.165) is 6.42 Å². The van der Waals surface area contributed by atoms with Gasteiger partial charge in [-0.3, -0.25) is 0 Å². The van der Waals surface area contributed by atoms with Gasteiger partial charge in [0.2, 0.25) is 0 Å². The van der Waals surface area contributed by atoms with Crippen molar-refractivity contribution in [3.8, 4) is 0 Å². The Labute approximate surface area is 122 Å². The Morgan fingerprint density at radius 2 is 1.95 bits per heavy atom. The largest absolute Gasteiger partial charge is 0.458 e. The van der Waals surface area contributed by atoms with Gasteiger partial charge in [-0.05, 0) is 30.6 Å². The number of carbonyl (C=O) groups excluding carboxylic acids is 1. The lowest BCUT2D eigenvalue weighted by molar-refractivity contribution is -0.671. The van der Waals surface area contributed by atoms with Gasteiger partial charge >= 0.3 is 5.97 Å². The van der Waals surface area contributed by atoms with E-state index in [1.807, 2.05) is 36.1 Å². The van der Waals surface area contributed by atoms with Crippen LogP contribution in [0.15, 0.2) is 24.5 Å². The molecule has 110 valence electrons. The maximum Gasteiger partial charge on any atom is 0.338 e. The van der Waals surface area contributed by atoms with Gasteiger partial charge in [0.15, 0.2) is 12.4 Å². The highest BCUT2D eigenvalue weighted by Gasteiger charge is 2.33. The molecule has 1 aromatic rings.